The number of ether oxygens (including phenoxy) is 4. The van der Waals surface area contributed by atoms with Gasteiger partial charge in [0.1, 0.15) is 5.56 Å². The second kappa shape index (κ2) is 9.41. The highest BCUT2D eigenvalue weighted by atomic mass is 16.5. The lowest BCUT2D eigenvalue weighted by atomic mass is 10.1. The van der Waals surface area contributed by atoms with Gasteiger partial charge in [-0.2, -0.15) is 0 Å². The van der Waals surface area contributed by atoms with Gasteiger partial charge in [0.25, 0.3) is 0 Å². The van der Waals surface area contributed by atoms with Crippen LogP contribution in [-0.2, 0) is 9.47 Å². The molecule has 28 heavy (non-hydrogen) atoms. The fraction of sp³-hybridized carbons (Fsp3) is 0.429. The van der Waals surface area contributed by atoms with E-state index in [1.165, 1.54) is 14.2 Å². The molecule has 0 saturated heterocycles. The first kappa shape index (κ1) is 21.5. The van der Waals surface area contributed by atoms with Crippen LogP contribution in [0.3, 0.4) is 0 Å². The largest absolute Gasteiger partial charge is 0.493 e. The zero-order chi connectivity index (χ0) is 20.8. The Balaban J connectivity index is 2.15. The van der Waals surface area contributed by atoms with Crippen molar-refractivity contribution in [3.63, 3.8) is 0 Å². The van der Waals surface area contributed by atoms with Crippen molar-refractivity contribution in [3.05, 3.63) is 46.8 Å². The van der Waals surface area contributed by atoms with Crippen LogP contribution >= 0.6 is 0 Å². The third kappa shape index (κ3) is 4.36. The maximum atomic E-state index is 12.6. The number of hydrogen-bond donors (Lipinski definition) is 0. The first-order valence-corrected chi connectivity index (χ1v) is 8.94. The van der Waals surface area contributed by atoms with Crippen LogP contribution in [0.15, 0.2) is 24.3 Å². The van der Waals surface area contributed by atoms with Crippen molar-refractivity contribution in [2.24, 2.45) is 0 Å². The molecular formula is C21H27NO6. The molecule has 1 atom stereocenters. The van der Waals surface area contributed by atoms with Gasteiger partial charge in [-0.25, -0.2) is 4.79 Å². The summed E-state index contributed by atoms with van der Waals surface area (Å²) >= 11 is 0. The van der Waals surface area contributed by atoms with E-state index < -0.39 is 5.97 Å². The van der Waals surface area contributed by atoms with Crippen molar-refractivity contribution < 1.29 is 28.5 Å². The number of methoxy groups -OCH3 is 3. The first-order chi connectivity index (χ1) is 13.3. The molecular weight excluding hydrogens is 362 g/mol. The first-order valence-electron chi connectivity index (χ1n) is 8.94. The summed E-state index contributed by atoms with van der Waals surface area (Å²) in [5, 5.41) is 0. The number of aromatic nitrogens is 1. The van der Waals surface area contributed by atoms with Crippen LogP contribution in [0.25, 0.3) is 0 Å². The highest BCUT2D eigenvalue weighted by Gasteiger charge is 2.22. The number of rotatable bonds is 9. The molecule has 1 heterocycles. The van der Waals surface area contributed by atoms with E-state index in [1.807, 2.05) is 31.4 Å². The Hall–Kier alpha value is -2.80. The van der Waals surface area contributed by atoms with Gasteiger partial charge < -0.3 is 23.5 Å². The minimum absolute atomic E-state index is 0.0927. The van der Waals surface area contributed by atoms with Crippen LogP contribution in [0, 0.1) is 13.8 Å². The van der Waals surface area contributed by atoms with E-state index in [0.717, 1.165) is 11.4 Å². The molecule has 0 fully saturated rings. The SMILES string of the molecule is COCC(C)n1c(C)cc(C(=O)COC(=O)c2cccc(OC)c2OC)c1C. The lowest BCUT2D eigenvalue weighted by molar-refractivity contribution is 0.0470. The third-order valence-corrected chi connectivity index (χ3v) is 4.59. The number of aryl methyl sites for hydroxylation is 1. The van der Waals surface area contributed by atoms with Crippen molar-refractivity contribution in [1.29, 1.82) is 0 Å². The molecule has 0 saturated carbocycles. The summed E-state index contributed by atoms with van der Waals surface area (Å²) in [7, 11) is 4.57. The lowest BCUT2D eigenvalue weighted by Gasteiger charge is -2.17. The highest BCUT2D eigenvalue weighted by molar-refractivity contribution is 6.01. The number of Topliss-reactive ketones (excluding diaryl/α,β-unsaturated/α-hetero) is 1. The number of ketones is 1. The number of esters is 1. The molecule has 0 aliphatic carbocycles. The van der Waals surface area contributed by atoms with Gasteiger partial charge in [-0.3, -0.25) is 4.79 Å². The second-order valence-electron chi connectivity index (χ2n) is 6.50. The number of carbonyl (C=O) groups is 2. The van der Waals surface area contributed by atoms with Gasteiger partial charge in [0.2, 0.25) is 5.78 Å². The van der Waals surface area contributed by atoms with Crippen molar-refractivity contribution in [3.8, 4) is 11.5 Å². The summed E-state index contributed by atoms with van der Waals surface area (Å²) < 4.78 is 22.9. The molecule has 0 amide bonds. The van der Waals surface area contributed by atoms with Crippen LogP contribution in [0.4, 0.5) is 0 Å². The normalized spacial score (nSPS) is 11.8. The molecule has 1 aromatic heterocycles. The van der Waals surface area contributed by atoms with Crippen molar-refractivity contribution in [2.75, 3.05) is 34.5 Å². The molecule has 0 aliphatic heterocycles. The van der Waals surface area contributed by atoms with Gasteiger partial charge in [0.05, 0.1) is 26.9 Å². The molecule has 1 unspecified atom stereocenters. The van der Waals surface area contributed by atoms with Gasteiger partial charge in [0.15, 0.2) is 18.1 Å². The molecule has 7 heteroatoms. The van der Waals surface area contributed by atoms with Gasteiger partial charge in [0, 0.05) is 24.1 Å². The maximum absolute atomic E-state index is 12.6. The molecule has 0 radical (unpaired) electrons. The number of benzene rings is 1. The van der Waals surface area contributed by atoms with E-state index in [0.29, 0.717) is 17.9 Å². The minimum atomic E-state index is -0.648. The van der Waals surface area contributed by atoms with Crippen LogP contribution in [0.1, 0.15) is 45.1 Å². The van der Waals surface area contributed by atoms with Gasteiger partial charge in [-0.15, -0.1) is 0 Å². The lowest BCUT2D eigenvalue weighted by Crippen LogP contribution is -2.17. The quantitative estimate of drug-likeness (QED) is 0.483. The Morgan fingerprint density at radius 3 is 2.39 bits per heavy atom. The summed E-state index contributed by atoms with van der Waals surface area (Å²) in [6, 6.07) is 6.80. The average molecular weight is 389 g/mol. The molecule has 2 aromatic rings. The smallest absolute Gasteiger partial charge is 0.342 e. The fourth-order valence-electron chi connectivity index (χ4n) is 3.39. The molecule has 0 spiro atoms. The maximum Gasteiger partial charge on any atom is 0.342 e. The van der Waals surface area contributed by atoms with E-state index in [4.69, 9.17) is 18.9 Å². The van der Waals surface area contributed by atoms with E-state index >= 15 is 0 Å². The molecule has 0 bridgehead atoms. The second-order valence-corrected chi connectivity index (χ2v) is 6.50. The molecule has 0 N–H and O–H groups in total. The highest BCUT2D eigenvalue weighted by Crippen LogP contribution is 2.31. The number of para-hydroxylation sites is 1. The summed E-state index contributed by atoms with van der Waals surface area (Å²) in [4.78, 5) is 25.1. The van der Waals surface area contributed by atoms with Crippen molar-refractivity contribution in [1.82, 2.24) is 4.57 Å². The zero-order valence-corrected chi connectivity index (χ0v) is 17.2. The minimum Gasteiger partial charge on any atom is -0.493 e. The van der Waals surface area contributed by atoms with E-state index in [9.17, 15) is 9.59 Å². The molecule has 1 aromatic carbocycles. The Morgan fingerprint density at radius 1 is 1.07 bits per heavy atom. The van der Waals surface area contributed by atoms with Crippen LogP contribution < -0.4 is 9.47 Å². The standard InChI is InChI=1S/C21H27NO6/c1-13-10-17(15(3)22(13)14(2)11-25-4)18(23)12-28-21(24)16-8-7-9-19(26-5)20(16)27-6/h7-10,14H,11-12H2,1-6H3. The van der Waals surface area contributed by atoms with Crippen molar-refractivity contribution >= 4 is 11.8 Å². The van der Waals surface area contributed by atoms with Gasteiger partial charge in [-0.1, -0.05) is 6.07 Å². The molecule has 2 rings (SSSR count). The summed E-state index contributed by atoms with van der Waals surface area (Å²) in [5.41, 5.74) is 2.51. The number of hydrogen-bond acceptors (Lipinski definition) is 6. The van der Waals surface area contributed by atoms with Gasteiger partial charge >= 0.3 is 5.97 Å². The van der Waals surface area contributed by atoms with E-state index in [-0.39, 0.29) is 29.7 Å². The topological polar surface area (TPSA) is 76.0 Å². The Kier molecular flexibility index (Phi) is 7.23. The Labute approximate surface area is 165 Å². The summed E-state index contributed by atoms with van der Waals surface area (Å²) in [5.74, 6) is -0.224. The molecule has 0 aliphatic rings. The monoisotopic (exact) mass is 389 g/mol. The van der Waals surface area contributed by atoms with Crippen LogP contribution in [-0.4, -0.2) is 50.9 Å². The predicted molar refractivity (Wildman–Crippen MR) is 105 cm³/mol. The zero-order valence-electron chi connectivity index (χ0n) is 17.2. The molecule has 152 valence electrons. The number of carbonyl (C=O) groups excluding carboxylic acids is 2. The van der Waals surface area contributed by atoms with Crippen molar-refractivity contribution in [2.45, 2.75) is 26.8 Å². The predicted octanol–water partition coefficient (Wildman–Crippen LogP) is 3.37. The Bertz CT molecular complexity index is 855. The third-order valence-electron chi connectivity index (χ3n) is 4.59. The van der Waals surface area contributed by atoms with E-state index in [2.05, 4.69) is 0 Å². The van der Waals surface area contributed by atoms with Crippen LogP contribution in [0.2, 0.25) is 0 Å². The van der Waals surface area contributed by atoms with Crippen LogP contribution in [0.5, 0.6) is 11.5 Å². The number of nitrogens with zero attached hydrogens (tertiary/aromatic N) is 1. The summed E-state index contributed by atoms with van der Waals surface area (Å²) in [6.45, 7) is 6.01. The average Bonchev–Trinajstić information content (AvgIpc) is 2.99. The fourth-order valence-corrected chi connectivity index (χ4v) is 3.39. The molecule has 7 nitrogen and oxygen atoms in total. The van der Waals surface area contributed by atoms with Gasteiger partial charge in [-0.05, 0) is 39.0 Å². The summed E-state index contributed by atoms with van der Waals surface area (Å²) in [6.07, 6.45) is 0. The van der Waals surface area contributed by atoms with E-state index in [1.54, 1.807) is 25.3 Å². The Morgan fingerprint density at radius 2 is 1.79 bits per heavy atom.